The molecule has 0 saturated carbocycles. The van der Waals surface area contributed by atoms with Gasteiger partial charge in [-0.1, -0.05) is 47.7 Å². The lowest BCUT2D eigenvalue weighted by Crippen LogP contribution is -2.06. The number of benzene rings is 2. The lowest BCUT2D eigenvalue weighted by Gasteiger charge is -2.03. The predicted octanol–water partition coefficient (Wildman–Crippen LogP) is 5.17. The number of furan rings is 1. The Kier molecular flexibility index (Phi) is 6.04. The largest absolute Gasteiger partial charge is 0.484 e. The van der Waals surface area contributed by atoms with Crippen LogP contribution in [-0.2, 0) is 17.1 Å². The summed E-state index contributed by atoms with van der Waals surface area (Å²) in [6.07, 6.45) is 0. The molecule has 2 aromatic carbocycles. The summed E-state index contributed by atoms with van der Waals surface area (Å²) in [5.41, 5.74) is 2.22. The number of carbonyl (C=O) groups is 1. The van der Waals surface area contributed by atoms with Crippen LogP contribution in [0.2, 0.25) is 0 Å². The van der Waals surface area contributed by atoms with Crippen LogP contribution >= 0.6 is 11.8 Å². The fourth-order valence-corrected chi connectivity index (χ4v) is 3.60. The van der Waals surface area contributed by atoms with Crippen LogP contribution in [0.1, 0.15) is 34.5 Å². The molecule has 154 valence electrons. The molecule has 0 unspecified atom stereocenters. The third-order valence-electron chi connectivity index (χ3n) is 4.31. The van der Waals surface area contributed by atoms with Gasteiger partial charge >= 0.3 is 5.97 Å². The second-order valence-electron chi connectivity index (χ2n) is 6.47. The first-order chi connectivity index (χ1) is 14.6. The van der Waals surface area contributed by atoms with Crippen molar-refractivity contribution in [2.75, 3.05) is 6.61 Å². The summed E-state index contributed by atoms with van der Waals surface area (Å²) >= 11 is 1.29. The summed E-state index contributed by atoms with van der Waals surface area (Å²) < 4.78 is 22.4. The summed E-state index contributed by atoms with van der Waals surface area (Å²) in [5.74, 6) is 1.55. The molecule has 8 heteroatoms. The molecule has 0 aliphatic rings. The molecular formula is C22H20N2O5S. The average Bonchev–Trinajstić information content (AvgIpc) is 3.36. The van der Waals surface area contributed by atoms with Gasteiger partial charge in [-0.15, -0.1) is 10.2 Å². The number of rotatable bonds is 8. The third-order valence-corrected chi connectivity index (χ3v) is 5.12. The van der Waals surface area contributed by atoms with Crippen LogP contribution in [0.4, 0.5) is 0 Å². The minimum atomic E-state index is -0.407. The quantitative estimate of drug-likeness (QED) is 0.283. The van der Waals surface area contributed by atoms with E-state index in [1.165, 1.54) is 11.8 Å². The number of esters is 1. The van der Waals surface area contributed by atoms with Gasteiger partial charge in [0.15, 0.2) is 6.61 Å². The van der Waals surface area contributed by atoms with Gasteiger partial charge in [0.2, 0.25) is 0 Å². The molecule has 0 aliphatic carbocycles. The second kappa shape index (κ2) is 9.04. The molecule has 0 aliphatic heterocycles. The van der Waals surface area contributed by atoms with Crippen LogP contribution in [0.15, 0.2) is 62.6 Å². The zero-order valence-corrected chi connectivity index (χ0v) is 17.4. The molecule has 0 amide bonds. The molecule has 4 aromatic rings. The topological polar surface area (TPSA) is 87.6 Å². The maximum Gasteiger partial charge on any atom is 0.342 e. The normalized spacial score (nSPS) is 11.0. The second-order valence-corrected chi connectivity index (χ2v) is 7.40. The summed E-state index contributed by atoms with van der Waals surface area (Å²) in [6.45, 7) is 4.25. The van der Waals surface area contributed by atoms with E-state index >= 15 is 0 Å². The zero-order chi connectivity index (χ0) is 20.9. The van der Waals surface area contributed by atoms with Crippen molar-refractivity contribution in [2.45, 2.75) is 31.4 Å². The summed E-state index contributed by atoms with van der Waals surface area (Å²) in [7, 11) is 0. The molecule has 0 N–H and O–H groups in total. The summed E-state index contributed by atoms with van der Waals surface area (Å²) in [6, 6.07) is 15.1. The van der Waals surface area contributed by atoms with Gasteiger partial charge < -0.3 is 18.3 Å². The van der Waals surface area contributed by atoms with Gasteiger partial charge in [-0.3, -0.25) is 0 Å². The summed E-state index contributed by atoms with van der Waals surface area (Å²) in [5, 5.41) is 9.13. The van der Waals surface area contributed by atoms with Crippen molar-refractivity contribution in [1.82, 2.24) is 10.2 Å². The average molecular weight is 424 g/mol. The first-order valence-corrected chi connectivity index (χ1v) is 10.4. The summed E-state index contributed by atoms with van der Waals surface area (Å²) in [4.78, 5) is 12.4. The highest BCUT2D eigenvalue weighted by Crippen LogP contribution is 2.31. The van der Waals surface area contributed by atoms with Crippen molar-refractivity contribution in [2.24, 2.45) is 0 Å². The van der Waals surface area contributed by atoms with Crippen LogP contribution in [0, 0.1) is 6.92 Å². The Labute approximate surface area is 177 Å². The highest BCUT2D eigenvalue weighted by atomic mass is 32.2. The first kappa shape index (κ1) is 20.0. The highest BCUT2D eigenvalue weighted by molar-refractivity contribution is 7.98. The molecule has 0 atom stereocenters. The molecule has 2 heterocycles. The smallest absolute Gasteiger partial charge is 0.342 e. The van der Waals surface area contributed by atoms with E-state index in [0.29, 0.717) is 40.4 Å². The monoisotopic (exact) mass is 424 g/mol. The molecule has 0 spiro atoms. The van der Waals surface area contributed by atoms with Crippen LogP contribution in [0.25, 0.3) is 11.0 Å². The van der Waals surface area contributed by atoms with Gasteiger partial charge in [0.25, 0.3) is 11.1 Å². The minimum Gasteiger partial charge on any atom is -0.484 e. The standard InChI is InChI=1S/C22H20N2O5S/c1-3-26-21(25)20-16-6-4-5-7-17(16)28-18(20)13-30-22-24-23-19(29-22)12-27-15-10-8-14(2)9-11-15/h4-11H,3,12-13H2,1-2H3. The van der Waals surface area contributed by atoms with Gasteiger partial charge in [0.05, 0.1) is 12.4 Å². The van der Waals surface area contributed by atoms with E-state index in [1.54, 1.807) is 6.92 Å². The Balaban J connectivity index is 1.43. The van der Waals surface area contributed by atoms with Gasteiger partial charge in [-0.05, 0) is 32.0 Å². The molecule has 4 rings (SSSR count). The van der Waals surface area contributed by atoms with E-state index in [2.05, 4.69) is 10.2 Å². The SMILES string of the molecule is CCOC(=O)c1c(CSc2nnc(COc3ccc(C)cc3)o2)oc2ccccc12. The Hall–Kier alpha value is -3.26. The highest BCUT2D eigenvalue weighted by Gasteiger charge is 2.22. The number of fused-ring (bicyclic) bond motifs is 1. The first-order valence-electron chi connectivity index (χ1n) is 9.46. The van der Waals surface area contributed by atoms with E-state index < -0.39 is 5.97 Å². The number of aromatic nitrogens is 2. The molecule has 30 heavy (non-hydrogen) atoms. The minimum absolute atomic E-state index is 0.176. The van der Waals surface area contributed by atoms with Crippen molar-refractivity contribution < 1.29 is 23.1 Å². The van der Waals surface area contributed by atoms with Crippen LogP contribution in [-0.4, -0.2) is 22.8 Å². The van der Waals surface area contributed by atoms with Gasteiger partial charge in [-0.25, -0.2) is 4.79 Å². The fourth-order valence-electron chi connectivity index (χ4n) is 2.89. The van der Waals surface area contributed by atoms with Crippen LogP contribution < -0.4 is 4.74 Å². The molecule has 0 fully saturated rings. The van der Waals surface area contributed by atoms with Crippen LogP contribution in [0.3, 0.4) is 0 Å². The van der Waals surface area contributed by atoms with Crippen molar-refractivity contribution in [3.63, 3.8) is 0 Å². The molecular weight excluding hydrogens is 404 g/mol. The number of hydrogen-bond donors (Lipinski definition) is 0. The lowest BCUT2D eigenvalue weighted by atomic mass is 10.1. The lowest BCUT2D eigenvalue weighted by molar-refractivity contribution is 0.0526. The number of aryl methyl sites for hydroxylation is 1. The van der Waals surface area contributed by atoms with Crippen molar-refractivity contribution in [3.05, 3.63) is 71.3 Å². The van der Waals surface area contributed by atoms with E-state index in [4.69, 9.17) is 18.3 Å². The Bertz CT molecular complexity index is 1150. The van der Waals surface area contributed by atoms with E-state index in [9.17, 15) is 4.79 Å². The predicted molar refractivity (Wildman–Crippen MR) is 112 cm³/mol. The van der Waals surface area contributed by atoms with E-state index in [-0.39, 0.29) is 6.61 Å². The molecule has 0 radical (unpaired) electrons. The number of para-hydroxylation sites is 1. The number of nitrogens with zero attached hydrogens (tertiary/aromatic N) is 2. The molecule has 7 nitrogen and oxygen atoms in total. The number of carbonyl (C=O) groups excluding carboxylic acids is 1. The van der Waals surface area contributed by atoms with Gasteiger partial charge in [0, 0.05) is 5.39 Å². The number of ether oxygens (including phenoxy) is 2. The molecule has 0 bridgehead atoms. The molecule has 0 saturated heterocycles. The zero-order valence-electron chi connectivity index (χ0n) is 16.6. The van der Waals surface area contributed by atoms with E-state index in [1.807, 2.05) is 55.5 Å². The fraction of sp³-hybridized carbons (Fsp3) is 0.227. The van der Waals surface area contributed by atoms with Crippen molar-refractivity contribution >= 4 is 28.7 Å². The maximum absolute atomic E-state index is 12.4. The van der Waals surface area contributed by atoms with E-state index in [0.717, 1.165) is 16.7 Å². The Morgan fingerprint density at radius 3 is 2.67 bits per heavy atom. The number of thioether (sulfide) groups is 1. The Morgan fingerprint density at radius 2 is 1.87 bits per heavy atom. The van der Waals surface area contributed by atoms with Crippen molar-refractivity contribution in [1.29, 1.82) is 0 Å². The number of hydrogen-bond acceptors (Lipinski definition) is 8. The molecule has 2 aromatic heterocycles. The maximum atomic E-state index is 12.4. The Morgan fingerprint density at radius 1 is 1.07 bits per heavy atom. The van der Waals surface area contributed by atoms with Crippen LogP contribution in [0.5, 0.6) is 5.75 Å². The van der Waals surface area contributed by atoms with Gasteiger partial charge in [-0.2, -0.15) is 0 Å². The van der Waals surface area contributed by atoms with Crippen molar-refractivity contribution in [3.8, 4) is 5.75 Å². The third kappa shape index (κ3) is 4.49. The van der Waals surface area contributed by atoms with Gasteiger partial charge in [0.1, 0.15) is 22.7 Å².